The van der Waals surface area contributed by atoms with Crippen LogP contribution >= 0.6 is 0 Å². The standard InChI is InChI=1S/C12H16FNO2/c13-10-1-3-12(4-2-10)16-8-7-14-6-5-11(15)9-14/h1-4,11,15H,5-9H2/t11-/m0/s1. The first-order valence-corrected chi connectivity index (χ1v) is 5.53. The van der Waals surface area contributed by atoms with E-state index in [-0.39, 0.29) is 11.9 Å². The van der Waals surface area contributed by atoms with Gasteiger partial charge < -0.3 is 9.84 Å². The van der Waals surface area contributed by atoms with Crippen molar-refractivity contribution in [3.63, 3.8) is 0 Å². The summed E-state index contributed by atoms with van der Waals surface area (Å²) in [5.74, 6) is 0.427. The van der Waals surface area contributed by atoms with Crippen LogP contribution in [0.5, 0.6) is 5.75 Å². The first-order chi connectivity index (χ1) is 7.74. The Hall–Kier alpha value is -1.13. The lowest BCUT2D eigenvalue weighted by Crippen LogP contribution is -2.27. The quantitative estimate of drug-likeness (QED) is 0.837. The minimum Gasteiger partial charge on any atom is -0.492 e. The number of aliphatic hydroxyl groups is 1. The number of rotatable bonds is 4. The zero-order valence-electron chi connectivity index (χ0n) is 9.10. The van der Waals surface area contributed by atoms with Gasteiger partial charge in [0.25, 0.3) is 0 Å². The molecule has 1 aromatic rings. The molecule has 0 radical (unpaired) electrons. The number of ether oxygens (including phenoxy) is 1. The lowest BCUT2D eigenvalue weighted by atomic mass is 10.3. The molecule has 1 aromatic carbocycles. The molecule has 1 saturated heterocycles. The smallest absolute Gasteiger partial charge is 0.123 e. The summed E-state index contributed by atoms with van der Waals surface area (Å²) in [5, 5.41) is 9.32. The first-order valence-electron chi connectivity index (χ1n) is 5.53. The van der Waals surface area contributed by atoms with Gasteiger partial charge in [0.15, 0.2) is 0 Å². The third kappa shape index (κ3) is 3.18. The maximum Gasteiger partial charge on any atom is 0.123 e. The number of likely N-dealkylation sites (tertiary alicyclic amines) is 1. The van der Waals surface area contributed by atoms with Gasteiger partial charge in [-0.15, -0.1) is 0 Å². The molecule has 2 rings (SSSR count). The normalized spacial score (nSPS) is 21.2. The molecule has 16 heavy (non-hydrogen) atoms. The summed E-state index contributed by atoms with van der Waals surface area (Å²) in [5.41, 5.74) is 0. The highest BCUT2D eigenvalue weighted by Gasteiger charge is 2.19. The number of benzene rings is 1. The Morgan fingerprint density at radius 3 is 2.75 bits per heavy atom. The second kappa shape index (κ2) is 5.27. The van der Waals surface area contributed by atoms with E-state index in [0.717, 1.165) is 26.1 Å². The lowest BCUT2D eigenvalue weighted by Gasteiger charge is -2.15. The van der Waals surface area contributed by atoms with Crippen LogP contribution in [-0.4, -0.2) is 42.4 Å². The van der Waals surface area contributed by atoms with Gasteiger partial charge in [-0.1, -0.05) is 0 Å². The molecule has 1 aliphatic heterocycles. The van der Waals surface area contributed by atoms with Gasteiger partial charge in [0.2, 0.25) is 0 Å². The SMILES string of the molecule is O[C@H]1CCN(CCOc2ccc(F)cc2)C1. The summed E-state index contributed by atoms with van der Waals surface area (Å²) < 4.78 is 18.1. The summed E-state index contributed by atoms with van der Waals surface area (Å²) in [6.45, 7) is 3.02. The first kappa shape index (κ1) is 11.4. The van der Waals surface area contributed by atoms with Gasteiger partial charge in [0.05, 0.1) is 6.10 Å². The molecular formula is C12H16FNO2. The van der Waals surface area contributed by atoms with E-state index in [4.69, 9.17) is 4.74 Å². The molecule has 1 aliphatic rings. The molecule has 4 heteroatoms. The van der Waals surface area contributed by atoms with Crippen LogP contribution in [0.2, 0.25) is 0 Å². The zero-order chi connectivity index (χ0) is 11.4. The average Bonchev–Trinajstić information content (AvgIpc) is 2.67. The van der Waals surface area contributed by atoms with E-state index >= 15 is 0 Å². The molecule has 1 heterocycles. The maximum absolute atomic E-state index is 12.6. The van der Waals surface area contributed by atoms with Crippen molar-refractivity contribution in [2.45, 2.75) is 12.5 Å². The van der Waals surface area contributed by atoms with E-state index < -0.39 is 0 Å². The number of nitrogens with zero attached hydrogens (tertiary/aromatic N) is 1. The van der Waals surface area contributed by atoms with Gasteiger partial charge in [0, 0.05) is 19.6 Å². The van der Waals surface area contributed by atoms with Crippen molar-refractivity contribution < 1.29 is 14.2 Å². The Morgan fingerprint density at radius 1 is 1.38 bits per heavy atom. The third-order valence-electron chi connectivity index (χ3n) is 2.74. The lowest BCUT2D eigenvalue weighted by molar-refractivity contribution is 0.167. The Balaban J connectivity index is 1.70. The average molecular weight is 225 g/mol. The molecule has 0 unspecified atom stereocenters. The highest BCUT2D eigenvalue weighted by Crippen LogP contribution is 2.12. The van der Waals surface area contributed by atoms with Gasteiger partial charge >= 0.3 is 0 Å². The van der Waals surface area contributed by atoms with Crippen molar-refractivity contribution >= 4 is 0 Å². The van der Waals surface area contributed by atoms with Crippen LogP contribution in [0.3, 0.4) is 0 Å². The molecule has 1 atom stereocenters. The topological polar surface area (TPSA) is 32.7 Å². The summed E-state index contributed by atoms with van der Waals surface area (Å²) in [4.78, 5) is 2.16. The van der Waals surface area contributed by atoms with Crippen LogP contribution in [-0.2, 0) is 0 Å². The molecule has 1 N–H and O–H groups in total. The highest BCUT2D eigenvalue weighted by molar-refractivity contribution is 5.21. The fraction of sp³-hybridized carbons (Fsp3) is 0.500. The summed E-state index contributed by atoms with van der Waals surface area (Å²) in [6, 6.07) is 6.01. The molecule has 0 saturated carbocycles. The van der Waals surface area contributed by atoms with E-state index in [9.17, 15) is 9.50 Å². The Morgan fingerprint density at radius 2 is 2.12 bits per heavy atom. The van der Waals surface area contributed by atoms with Crippen molar-refractivity contribution in [2.24, 2.45) is 0 Å². The largest absolute Gasteiger partial charge is 0.492 e. The van der Waals surface area contributed by atoms with Crippen molar-refractivity contribution in [3.8, 4) is 5.75 Å². The molecule has 3 nitrogen and oxygen atoms in total. The van der Waals surface area contributed by atoms with Crippen LogP contribution in [0, 0.1) is 5.82 Å². The molecule has 0 aliphatic carbocycles. The molecule has 88 valence electrons. The van der Waals surface area contributed by atoms with Gasteiger partial charge in [0.1, 0.15) is 18.2 Å². The van der Waals surface area contributed by atoms with Gasteiger partial charge in [-0.3, -0.25) is 4.90 Å². The number of hydrogen-bond acceptors (Lipinski definition) is 3. The summed E-state index contributed by atoms with van der Waals surface area (Å²) >= 11 is 0. The van der Waals surface area contributed by atoms with E-state index in [1.807, 2.05) is 0 Å². The van der Waals surface area contributed by atoms with Gasteiger partial charge in [-0.2, -0.15) is 0 Å². The highest BCUT2D eigenvalue weighted by atomic mass is 19.1. The fourth-order valence-corrected chi connectivity index (χ4v) is 1.84. The molecule has 0 bridgehead atoms. The minimum atomic E-state index is -0.255. The van der Waals surface area contributed by atoms with Crippen LogP contribution in [0.15, 0.2) is 24.3 Å². The van der Waals surface area contributed by atoms with Crippen LogP contribution in [0.1, 0.15) is 6.42 Å². The van der Waals surface area contributed by atoms with Crippen molar-refractivity contribution in [1.29, 1.82) is 0 Å². The fourth-order valence-electron chi connectivity index (χ4n) is 1.84. The minimum absolute atomic E-state index is 0.189. The monoisotopic (exact) mass is 225 g/mol. The number of β-amino-alcohol motifs (C(OH)–C–C–N with tert-alkyl or cyclic N) is 1. The van der Waals surface area contributed by atoms with Crippen molar-refractivity contribution in [3.05, 3.63) is 30.1 Å². The molecule has 1 fully saturated rings. The third-order valence-corrected chi connectivity index (χ3v) is 2.74. The van der Waals surface area contributed by atoms with E-state index in [2.05, 4.69) is 4.90 Å². The van der Waals surface area contributed by atoms with E-state index in [1.165, 1.54) is 12.1 Å². The molecule has 0 spiro atoms. The molecule has 0 amide bonds. The molecule has 0 aromatic heterocycles. The van der Waals surface area contributed by atoms with Crippen LogP contribution < -0.4 is 4.74 Å². The second-order valence-electron chi connectivity index (χ2n) is 4.05. The van der Waals surface area contributed by atoms with E-state index in [1.54, 1.807) is 12.1 Å². The second-order valence-corrected chi connectivity index (χ2v) is 4.05. The zero-order valence-corrected chi connectivity index (χ0v) is 9.10. The predicted molar refractivity (Wildman–Crippen MR) is 59.0 cm³/mol. The van der Waals surface area contributed by atoms with Gasteiger partial charge in [-0.05, 0) is 30.7 Å². The van der Waals surface area contributed by atoms with E-state index in [0.29, 0.717) is 12.4 Å². The van der Waals surface area contributed by atoms with Crippen molar-refractivity contribution in [1.82, 2.24) is 4.90 Å². The predicted octanol–water partition coefficient (Wildman–Crippen LogP) is 1.27. The Labute approximate surface area is 94.4 Å². The molecular weight excluding hydrogens is 209 g/mol. The van der Waals surface area contributed by atoms with Gasteiger partial charge in [-0.25, -0.2) is 4.39 Å². The Kier molecular flexibility index (Phi) is 3.74. The number of halogens is 1. The summed E-state index contributed by atoms with van der Waals surface area (Å²) in [7, 11) is 0. The Bertz CT molecular complexity index is 328. The van der Waals surface area contributed by atoms with Crippen LogP contribution in [0.4, 0.5) is 4.39 Å². The summed E-state index contributed by atoms with van der Waals surface area (Å²) in [6.07, 6.45) is 0.655. The maximum atomic E-state index is 12.6. The number of hydrogen-bond donors (Lipinski definition) is 1. The number of aliphatic hydroxyl groups excluding tert-OH is 1. The van der Waals surface area contributed by atoms with Crippen LogP contribution in [0.25, 0.3) is 0 Å². The van der Waals surface area contributed by atoms with Crippen molar-refractivity contribution in [2.75, 3.05) is 26.2 Å².